The Balaban J connectivity index is 1.67. The minimum Gasteiger partial charge on any atom is -0.413 e. The molecule has 10 nitrogen and oxygen atoms in total. The molecule has 1 aliphatic rings. The first-order chi connectivity index (χ1) is 14.1. The number of nitrogens with one attached hydrogen (secondary N) is 2. The number of fused-ring (bicyclic) bond motifs is 1. The molecule has 1 saturated heterocycles. The molecule has 3 heterocycles. The van der Waals surface area contributed by atoms with Gasteiger partial charge in [0.15, 0.2) is 11.3 Å². The Morgan fingerprint density at radius 3 is 2.83 bits per heavy atom. The van der Waals surface area contributed by atoms with Crippen LogP contribution in [-0.2, 0) is 4.74 Å². The molecule has 150 valence electrons. The maximum Gasteiger partial charge on any atom is 0.306 e. The number of benzene rings is 1. The molecule has 10 heteroatoms. The zero-order valence-electron chi connectivity index (χ0n) is 16.2. The van der Waals surface area contributed by atoms with Crippen LogP contribution in [0, 0.1) is 6.92 Å². The van der Waals surface area contributed by atoms with Crippen LogP contribution in [0.15, 0.2) is 33.8 Å². The van der Waals surface area contributed by atoms with Gasteiger partial charge >= 0.3 is 5.91 Å². The molecule has 29 heavy (non-hydrogen) atoms. The van der Waals surface area contributed by atoms with E-state index in [1.54, 1.807) is 6.21 Å². The molecule has 2 N–H and O–H groups in total. The Labute approximate surface area is 167 Å². The van der Waals surface area contributed by atoms with Gasteiger partial charge in [0.1, 0.15) is 0 Å². The van der Waals surface area contributed by atoms with Crippen LogP contribution in [0.3, 0.4) is 0 Å². The first-order valence-electron chi connectivity index (χ1n) is 9.23. The van der Waals surface area contributed by atoms with Gasteiger partial charge in [-0.15, -0.1) is 0 Å². The fraction of sp³-hybridized carbons (Fsp3) is 0.316. The van der Waals surface area contributed by atoms with Gasteiger partial charge < -0.3 is 19.4 Å². The number of hydrogen-bond donors (Lipinski definition) is 2. The lowest BCUT2D eigenvalue weighted by atomic mass is 10.2. The number of anilines is 2. The molecule has 0 aliphatic carbocycles. The second kappa shape index (κ2) is 8.23. The molecule has 0 spiro atoms. The summed E-state index contributed by atoms with van der Waals surface area (Å²) < 4.78 is 11.0. The van der Waals surface area contributed by atoms with Crippen molar-refractivity contribution in [3.05, 3.63) is 41.3 Å². The number of aromatic nitrogens is 3. The highest BCUT2D eigenvalue weighted by Crippen LogP contribution is 2.26. The van der Waals surface area contributed by atoms with Crippen molar-refractivity contribution in [2.24, 2.45) is 5.10 Å². The Morgan fingerprint density at radius 2 is 2.07 bits per heavy atom. The minimum absolute atomic E-state index is 0.0632. The van der Waals surface area contributed by atoms with Gasteiger partial charge in [-0.3, -0.25) is 4.79 Å². The molecule has 0 atom stereocenters. The predicted octanol–water partition coefficient (Wildman–Crippen LogP) is 1.57. The molecule has 1 amide bonds. The average molecular weight is 395 g/mol. The van der Waals surface area contributed by atoms with Gasteiger partial charge in [-0.2, -0.15) is 20.1 Å². The largest absolute Gasteiger partial charge is 0.413 e. The van der Waals surface area contributed by atoms with E-state index in [2.05, 4.69) is 30.8 Å². The fourth-order valence-electron chi connectivity index (χ4n) is 2.97. The van der Waals surface area contributed by atoms with Crippen LogP contribution in [0.1, 0.15) is 21.8 Å². The van der Waals surface area contributed by atoms with Gasteiger partial charge in [-0.1, -0.05) is 29.8 Å². The van der Waals surface area contributed by atoms with E-state index in [9.17, 15) is 4.79 Å². The van der Waals surface area contributed by atoms with E-state index in [-0.39, 0.29) is 17.6 Å². The quantitative estimate of drug-likeness (QED) is 0.494. The maximum absolute atomic E-state index is 11.9. The molecule has 4 rings (SSSR count). The van der Waals surface area contributed by atoms with Crippen LogP contribution < -0.4 is 15.6 Å². The van der Waals surface area contributed by atoms with Gasteiger partial charge in [0.2, 0.25) is 5.95 Å². The molecule has 2 aromatic heterocycles. The van der Waals surface area contributed by atoms with E-state index >= 15 is 0 Å². The van der Waals surface area contributed by atoms with Crippen LogP contribution in [0.4, 0.5) is 11.8 Å². The summed E-state index contributed by atoms with van der Waals surface area (Å²) in [5.41, 5.74) is 5.58. The summed E-state index contributed by atoms with van der Waals surface area (Å²) in [4.78, 5) is 27.1. The minimum atomic E-state index is -0.428. The number of hydrogen-bond acceptors (Lipinski definition) is 9. The van der Waals surface area contributed by atoms with E-state index in [0.717, 1.165) is 11.1 Å². The number of aryl methyl sites for hydroxylation is 1. The van der Waals surface area contributed by atoms with Crippen molar-refractivity contribution in [2.75, 3.05) is 43.7 Å². The molecule has 0 radical (unpaired) electrons. The fourth-order valence-corrected chi connectivity index (χ4v) is 2.97. The van der Waals surface area contributed by atoms with E-state index in [1.165, 1.54) is 7.05 Å². The third kappa shape index (κ3) is 4.16. The summed E-state index contributed by atoms with van der Waals surface area (Å²) in [6.45, 7) is 4.49. The van der Waals surface area contributed by atoms with Gasteiger partial charge in [0.25, 0.3) is 11.6 Å². The number of hydrazone groups is 1. The van der Waals surface area contributed by atoms with Crippen molar-refractivity contribution in [3.8, 4) is 0 Å². The number of oxazole rings is 1. The van der Waals surface area contributed by atoms with Gasteiger partial charge in [-0.05, 0) is 12.5 Å². The van der Waals surface area contributed by atoms with Crippen LogP contribution in [-0.4, -0.2) is 60.4 Å². The monoisotopic (exact) mass is 395 g/mol. The Bertz CT molecular complexity index is 1060. The first-order valence-corrected chi connectivity index (χ1v) is 9.23. The van der Waals surface area contributed by atoms with Crippen molar-refractivity contribution >= 4 is 35.1 Å². The molecule has 1 aromatic carbocycles. The van der Waals surface area contributed by atoms with Gasteiger partial charge in [-0.25, -0.2) is 5.43 Å². The highest BCUT2D eigenvalue weighted by molar-refractivity contribution is 5.94. The Kier molecular flexibility index (Phi) is 5.34. The topological polar surface area (TPSA) is 118 Å². The molecular formula is C19H21N7O3. The lowest BCUT2D eigenvalue weighted by Crippen LogP contribution is -2.37. The highest BCUT2D eigenvalue weighted by Gasteiger charge is 2.23. The van der Waals surface area contributed by atoms with E-state index in [4.69, 9.17) is 9.15 Å². The van der Waals surface area contributed by atoms with Crippen molar-refractivity contribution in [2.45, 2.75) is 6.92 Å². The standard InChI is InChI=1S/C19H21N7O3/c1-12-4-3-5-13(10-12)11-21-25-19-23-15(26-6-8-28-9-7-26)14-17(24-19)29-18(22-14)16(27)20-2/h3-5,10-11H,6-9H2,1-2H3,(H,20,27)(H,23,24,25)/b21-11+. The molecule has 3 aromatic rings. The predicted molar refractivity (Wildman–Crippen MR) is 108 cm³/mol. The number of rotatable bonds is 5. The first kappa shape index (κ1) is 18.8. The zero-order valence-corrected chi connectivity index (χ0v) is 16.2. The van der Waals surface area contributed by atoms with Crippen LogP contribution in [0.25, 0.3) is 11.2 Å². The molecule has 0 unspecified atom stereocenters. The third-order valence-electron chi connectivity index (χ3n) is 4.39. The van der Waals surface area contributed by atoms with E-state index in [0.29, 0.717) is 37.6 Å². The summed E-state index contributed by atoms with van der Waals surface area (Å²) >= 11 is 0. The molecule has 1 fully saturated rings. The van der Waals surface area contributed by atoms with E-state index in [1.807, 2.05) is 36.1 Å². The SMILES string of the molecule is CNC(=O)c1nc2c(N3CCOCC3)nc(N/N=C/c3cccc(C)c3)nc2o1. The Hall–Kier alpha value is -3.53. The summed E-state index contributed by atoms with van der Waals surface area (Å²) in [7, 11) is 1.51. The smallest absolute Gasteiger partial charge is 0.306 e. The average Bonchev–Trinajstić information content (AvgIpc) is 3.17. The lowest BCUT2D eigenvalue weighted by molar-refractivity contribution is 0.0930. The molecular weight excluding hydrogens is 374 g/mol. The van der Waals surface area contributed by atoms with Crippen molar-refractivity contribution in [1.82, 2.24) is 20.3 Å². The number of nitrogens with zero attached hydrogens (tertiary/aromatic N) is 5. The number of morpholine rings is 1. The summed E-state index contributed by atoms with van der Waals surface area (Å²) in [5.74, 6) is 0.336. The number of ether oxygens (including phenoxy) is 1. The van der Waals surface area contributed by atoms with Crippen molar-refractivity contribution < 1.29 is 13.9 Å². The van der Waals surface area contributed by atoms with Crippen LogP contribution >= 0.6 is 0 Å². The second-order valence-corrected chi connectivity index (χ2v) is 6.51. The summed E-state index contributed by atoms with van der Waals surface area (Å²) in [6.07, 6.45) is 1.69. The highest BCUT2D eigenvalue weighted by atomic mass is 16.5. The normalized spacial score (nSPS) is 14.5. The molecule has 1 aliphatic heterocycles. The van der Waals surface area contributed by atoms with E-state index < -0.39 is 5.91 Å². The van der Waals surface area contributed by atoms with Crippen LogP contribution in [0.5, 0.6) is 0 Å². The zero-order chi connectivity index (χ0) is 20.2. The number of carbonyl (C=O) groups excluding carboxylic acids is 1. The van der Waals surface area contributed by atoms with Gasteiger partial charge in [0.05, 0.1) is 19.4 Å². The number of amides is 1. The summed E-state index contributed by atoms with van der Waals surface area (Å²) in [6, 6.07) is 7.95. The number of carbonyl (C=O) groups is 1. The van der Waals surface area contributed by atoms with Crippen molar-refractivity contribution in [1.29, 1.82) is 0 Å². The Morgan fingerprint density at radius 1 is 1.24 bits per heavy atom. The lowest BCUT2D eigenvalue weighted by Gasteiger charge is -2.27. The van der Waals surface area contributed by atoms with Crippen LogP contribution in [0.2, 0.25) is 0 Å². The van der Waals surface area contributed by atoms with Crippen molar-refractivity contribution in [3.63, 3.8) is 0 Å². The third-order valence-corrected chi connectivity index (χ3v) is 4.39. The molecule has 0 bridgehead atoms. The molecule has 0 saturated carbocycles. The maximum atomic E-state index is 11.9. The van der Waals surface area contributed by atoms with Gasteiger partial charge in [0, 0.05) is 20.1 Å². The second-order valence-electron chi connectivity index (χ2n) is 6.51. The summed E-state index contributed by atoms with van der Waals surface area (Å²) in [5, 5.41) is 6.72.